The maximum absolute atomic E-state index is 12.8. The van der Waals surface area contributed by atoms with Crippen LogP contribution in [0.1, 0.15) is 62.4 Å². The predicted molar refractivity (Wildman–Crippen MR) is 118 cm³/mol. The minimum absolute atomic E-state index is 0.00104. The van der Waals surface area contributed by atoms with Crippen LogP contribution in [0.4, 0.5) is 0 Å². The van der Waals surface area contributed by atoms with Gasteiger partial charge in [-0.2, -0.15) is 0 Å². The molecule has 1 aromatic heterocycles. The maximum atomic E-state index is 12.8. The van der Waals surface area contributed by atoms with E-state index in [2.05, 4.69) is 15.6 Å². The van der Waals surface area contributed by atoms with E-state index in [1.165, 1.54) is 38.5 Å². The highest BCUT2D eigenvalue weighted by atomic mass is 16.2. The first kappa shape index (κ1) is 20.3. The van der Waals surface area contributed by atoms with Crippen LogP contribution in [0.15, 0.2) is 42.7 Å². The van der Waals surface area contributed by atoms with Crippen molar-refractivity contribution in [2.24, 2.45) is 30.2 Å². The van der Waals surface area contributed by atoms with Gasteiger partial charge in [-0.1, -0.05) is 30.3 Å². The summed E-state index contributed by atoms with van der Waals surface area (Å²) in [5, 5.41) is 5.95. The molecule has 2 N–H and O–H groups in total. The Hall–Kier alpha value is -2.63. The molecule has 4 fully saturated rings. The Balaban J connectivity index is 1.19. The van der Waals surface area contributed by atoms with Crippen LogP contribution >= 0.6 is 0 Å². The van der Waals surface area contributed by atoms with Crippen molar-refractivity contribution >= 4 is 11.8 Å². The fourth-order valence-corrected chi connectivity index (χ4v) is 6.90. The SMILES string of the molecule is Cn1ccnc1[C@H](NC(=O)CNC(=O)CC12CC3CC(CC(C3)C1)C2)c1ccccc1. The number of hydrogen-bond acceptors (Lipinski definition) is 3. The minimum Gasteiger partial charge on any atom is -0.347 e. The van der Waals surface area contributed by atoms with Crippen LogP contribution in [0.25, 0.3) is 0 Å². The highest BCUT2D eigenvalue weighted by Crippen LogP contribution is 2.61. The molecule has 0 saturated heterocycles. The van der Waals surface area contributed by atoms with Gasteiger partial charge in [-0.3, -0.25) is 9.59 Å². The van der Waals surface area contributed by atoms with Gasteiger partial charge in [-0.15, -0.1) is 0 Å². The number of aryl methyl sites for hydroxylation is 1. The van der Waals surface area contributed by atoms with E-state index in [9.17, 15) is 9.59 Å². The lowest BCUT2D eigenvalue weighted by atomic mass is 9.49. The molecule has 0 radical (unpaired) electrons. The van der Waals surface area contributed by atoms with Crippen molar-refractivity contribution in [2.75, 3.05) is 6.54 Å². The number of carbonyl (C=O) groups excluding carboxylic acids is 2. The van der Waals surface area contributed by atoms with Crippen LogP contribution in [0.5, 0.6) is 0 Å². The normalized spacial score (nSPS) is 29.5. The first-order valence-electron chi connectivity index (χ1n) is 11.6. The maximum Gasteiger partial charge on any atom is 0.240 e. The Morgan fingerprint density at radius 1 is 1.06 bits per heavy atom. The summed E-state index contributed by atoms with van der Waals surface area (Å²) >= 11 is 0. The highest BCUT2D eigenvalue weighted by Gasteiger charge is 2.51. The molecule has 0 unspecified atom stereocenters. The van der Waals surface area contributed by atoms with Gasteiger partial charge in [0.15, 0.2) is 0 Å². The Labute approximate surface area is 183 Å². The van der Waals surface area contributed by atoms with E-state index in [-0.39, 0.29) is 29.8 Å². The van der Waals surface area contributed by atoms with E-state index in [0.29, 0.717) is 6.42 Å². The van der Waals surface area contributed by atoms with Crippen LogP contribution < -0.4 is 10.6 Å². The Kier molecular flexibility index (Phi) is 5.32. The Morgan fingerprint density at radius 2 is 1.71 bits per heavy atom. The lowest BCUT2D eigenvalue weighted by molar-refractivity contribution is -0.132. The lowest BCUT2D eigenvalue weighted by Gasteiger charge is -2.56. The summed E-state index contributed by atoms with van der Waals surface area (Å²) < 4.78 is 1.91. The molecule has 0 spiro atoms. The molecule has 1 aromatic carbocycles. The van der Waals surface area contributed by atoms with Gasteiger partial charge in [0, 0.05) is 25.9 Å². The van der Waals surface area contributed by atoms with Gasteiger partial charge < -0.3 is 15.2 Å². The van der Waals surface area contributed by atoms with Gasteiger partial charge in [0.1, 0.15) is 11.9 Å². The zero-order valence-corrected chi connectivity index (χ0v) is 18.2. The standard InChI is InChI=1S/C25H32N4O2/c1-29-8-7-26-24(29)23(20-5-3-2-4-6-20)28-22(31)16-27-21(30)15-25-12-17-9-18(13-25)11-19(10-17)14-25/h2-8,17-19,23H,9-16H2,1H3,(H,27,30)(H,28,31)/t17?,18?,19?,23-,25?/m1/s1. The molecule has 1 heterocycles. The first-order chi connectivity index (χ1) is 15.0. The van der Waals surface area contributed by atoms with Crippen molar-refractivity contribution < 1.29 is 9.59 Å². The van der Waals surface area contributed by atoms with Crippen molar-refractivity contribution in [3.8, 4) is 0 Å². The zero-order chi connectivity index (χ0) is 21.4. The molecule has 1 atom stereocenters. The molecule has 2 aromatic rings. The van der Waals surface area contributed by atoms with Gasteiger partial charge in [0.25, 0.3) is 0 Å². The quantitative estimate of drug-likeness (QED) is 0.721. The van der Waals surface area contributed by atoms with Gasteiger partial charge >= 0.3 is 0 Å². The fraction of sp³-hybridized carbons (Fsp3) is 0.560. The number of carbonyl (C=O) groups is 2. The lowest BCUT2D eigenvalue weighted by Crippen LogP contribution is -2.48. The van der Waals surface area contributed by atoms with E-state index in [0.717, 1.165) is 29.1 Å². The van der Waals surface area contributed by atoms with Gasteiger partial charge in [-0.25, -0.2) is 4.98 Å². The first-order valence-corrected chi connectivity index (χ1v) is 11.6. The highest BCUT2D eigenvalue weighted by molar-refractivity contribution is 5.85. The molecule has 31 heavy (non-hydrogen) atoms. The van der Waals surface area contributed by atoms with Crippen molar-refractivity contribution in [3.63, 3.8) is 0 Å². The van der Waals surface area contributed by atoms with Gasteiger partial charge in [0.2, 0.25) is 11.8 Å². The van der Waals surface area contributed by atoms with Crippen LogP contribution in [0.2, 0.25) is 0 Å². The third kappa shape index (κ3) is 4.25. The molecular weight excluding hydrogens is 388 g/mol. The van der Waals surface area contributed by atoms with E-state index in [1.54, 1.807) is 6.20 Å². The smallest absolute Gasteiger partial charge is 0.240 e. The molecule has 2 amide bonds. The number of rotatable bonds is 7. The van der Waals surface area contributed by atoms with Crippen LogP contribution in [0, 0.1) is 23.2 Å². The summed E-state index contributed by atoms with van der Waals surface area (Å²) in [6.07, 6.45) is 11.9. The topological polar surface area (TPSA) is 76.0 Å². The van der Waals surface area contributed by atoms with Crippen molar-refractivity contribution in [1.29, 1.82) is 0 Å². The molecule has 4 bridgehead atoms. The van der Waals surface area contributed by atoms with Crippen molar-refractivity contribution in [1.82, 2.24) is 20.2 Å². The number of nitrogens with one attached hydrogen (secondary N) is 2. The molecule has 6 nitrogen and oxygen atoms in total. The second-order valence-electron chi connectivity index (χ2n) is 10.2. The summed E-state index contributed by atoms with van der Waals surface area (Å²) in [5.74, 6) is 3.06. The summed E-state index contributed by atoms with van der Waals surface area (Å²) in [4.78, 5) is 29.9. The summed E-state index contributed by atoms with van der Waals surface area (Å²) in [5.41, 5.74) is 1.15. The summed E-state index contributed by atoms with van der Waals surface area (Å²) in [6, 6.07) is 9.45. The minimum atomic E-state index is -0.353. The van der Waals surface area contributed by atoms with Crippen LogP contribution in [-0.2, 0) is 16.6 Å². The molecule has 6 heteroatoms. The van der Waals surface area contributed by atoms with Gasteiger partial charge in [0.05, 0.1) is 6.54 Å². The summed E-state index contributed by atoms with van der Waals surface area (Å²) in [7, 11) is 1.91. The fourth-order valence-electron chi connectivity index (χ4n) is 6.90. The molecule has 0 aliphatic heterocycles. The average Bonchev–Trinajstić information content (AvgIpc) is 3.15. The number of benzene rings is 1. The van der Waals surface area contributed by atoms with E-state index in [4.69, 9.17) is 0 Å². The number of amides is 2. The van der Waals surface area contributed by atoms with E-state index in [1.807, 2.05) is 48.1 Å². The average molecular weight is 421 g/mol. The summed E-state index contributed by atoms with van der Waals surface area (Å²) in [6.45, 7) is -0.00104. The molecule has 164 valence electrons. The Bertz CT molecular complexity index is 916. The second kappa shape index (κ2) is 8.13. The van der Waals surface area contributed by atoms with Gasteiger partial charge in [-0.05, 0) is 67.3 Å². The monoisotopic (exact) mass is 420 g/mol. The largest absolute Gasteiger partial charge is 0.347 e. The molecule has 4 aliphatic carbocycles. The number of nitrogens with zero attached hydrogens (tertiary/aromatic N) is 2. The Morgan fingerprint density at radius 3 is 2.29 bits per heavy atom. The third-order valence-corrected chi connectivity index (χ3v) is 7.70. The zero-order valence-electron chi connectivity index (χ0n) is 18.2. The molecular formula is C25H32N4O2. The molecule has 4 aliphatic rings. The number of aromatic nitrogens is 2. The third-order valence-electron chi connectivity index (χ3n) is 7.70. The predicted octanol–water partition coefficient (Wildman–Crippen LogP) is 3.35. The van der Waals surface area contributed by atoms with E-state index < -0.39 is 0 Å². The van der Waals surface area contributed by atoms with Crippen LogP contribution in [-0.4, -0.2) is 27.9 Å². The van der Waals surface area contributed by atoms with Crippen molar-refractivity contribution in [2.45, 2.75) is 51.0 Å². The van der Waals surface area contributed by atoms with Crippen molar-refractivity contribution in [3.05, 3.63) is 54.1 Å². The number of imidazole rings is 1. The number of hydrogen-bond donors (Lipinski definition) is 2. The molecule has 6 rings (SSSR count). The van der Waals surface area contributed by atoms with Crippen LogP contribution in [0.3, 0.4) is 0 Å². The second-order valence-corrected chi connectivity index (χ2v) is 10.2. The van der Waals surface area contributed by atoms with E-state index >= 15 is 0 Å². The molecule has 4 saturated carbocycles.